The van der Waals surface area contributed by atoms with E-state index in [9.17, 15) is 9.59 Å². The lowest BCUT2D eigenvalue weighted by Gasteiger charge is -2.38. The molecular formula is C20H20N2O2S. The van der Waals surface area contributed by atoms with Gasteiger partial charge < -0.3 is 9.88 Å². The average molecular weight is 352 g/mol. The highest BCUT2D eigenvalue weighted by Crippen LogP contribution is 2.42. The minimum atomic E-state index is -0.0797. The quantitative estimate of drug-likeness (QED) is 0.725. The fourth-order valence-corrected chi connectivity index (χ4v) is 5.25. The Hall–Kier alpha value is -2.40. The van der Waals surface area contributed by atoms with Gasteiger partial charge in [-0.25, -0.2) is 0 Å². The van der Waals surface area contributed by atoms with Crippen molar-refractivity contribution in [3.8, 4) is 0 Å². The van der Waals surface area contributed by atoms with E-state index < -0.39 is 0 Å². The van der Waals surface area contributed by atoms with E-state index >= 15 is 0 Å². The van der Waals surface area contributed by atoms with Crippen LogP contribution in [0, 0.1) is 0 Å². The van der Waals surface area contributed by atoms with Crippen molar-refractivity contribution in [2.75, 3.05) is 6.54 Å². The fraction of sp³-hybridized carbons (Fsp3) is 0.300. The third kappa shape index (κ3) is 2.34. The Balaban J connectivity index is 0.00000168. The van der Waals surface area contributed by atoms with Crippen molar-refractivity contribution in [3.63, 3.8) is 0 Å². The molecule has 1 aliphatic carbocycles. The molecule has 2 aromatic carbocycles. The van der Waals surface area contributed by atoms with Gasteiger partial charge >= 0.3 is 4.87 Å². The first-order valence-corrected chi connectivity index (χ1v) is 9.54. The van der Waals surface area contributed by atoms with E-state index in [-0.39, 0.29) is 18.2 Å². The molecule has 2 atom stereocenters. The van der Waals surface area contributed by atoms with E-state index in [2.05, 4.69) is 34.1 Å². The van der Waals surface area contributed by atoms with Crippen molar-refractivity contribution in [2.45, 2.75) is 31.2 Å². The molecule has 1 N–H and O–H groups in total. The van der Waals surface area contributed by atoms with E-state index in [0.29, 0.717) is 11.5 Å². The number of nitrogens with one attached hydrogen (secondary N) is 1. The minimum Gasteiger partial charge on any atom is -0.335 e. The molecule has 1 aliphatic heterocycles. The second-order valence-electron chi connectivity index (χ2n) is 6.94. The lowest BCUT2D eigenvalue weighted by molar-refractivity contribution is 0.0595. The van der Waals surface area contributed by atoms with Crippen molar-refractivity contribution in [1.82, 2.24) is 9.88 Å². The van der Waals surface area contributed by atoms with E-state index in [1.807, 2.05) is 18.2 Å². The molecule has 2 aliphatic rings. The van der Waals surface area contributed by atoms with Crippen molar-refractivity contribution in [2.24, 2.45) is 0 Å². The molecule has 1 aromatic heterocycles. The van der Waals surface area contributed by atoms with Crippen LogP contribution in [0.4, 0.5) is 0 Å². The number of fused-ring (bicyclic) bond motifs is 4. The number of amides is 1. The number of hydrogen-bond donors (Lipinski definition) is 1. The zero-order chi connectivity index (χ0) is 17.0. The molecule has 2 unspecified atom stereocenters. The number of rotatable bonds is 1. The molecule has 0 radical (unpaired) electrons. The summed E-state index contributed by atoms with van der Waals surface area (Å²) in [6.45, 7) is 0.815. The first kappa shape index (κ1) is 14.9. The molecule has 25 heavy (non-hydrogen) atoms. The number of nitrogens with zero attached hydrogens (tertiary/aromatic N) is 1. The standard InChI is InChI=1S/C20H18N2O2S.H2/c23-19(13-7-8-16-18(11-13)25-20(24)21-16)22-9-3-6-15-14-5-2-1-4-12(14)10-17(15)22;/h1-2,4-5,7-8,11,15,17H,3,6,9-10H2,(H,21,24);1H. The summed E-state index contributed by atoms with van der Waals surface area (Å²) in [5.41, 5.74) is 4.29. The number of thiazole rings is 1. The summed E-state index contributed by atoms with van der Waals surface area (Å²) in [6.07, 6.45) is 3.15. The first-order valence-electron chi connectivity index (χ1n) is 8.72. The number of hydrogen-bond acceptors (Lipinski definition) is 3. The van der Waals surface area contributed by atoms with Crippen LogP contribution >= 0.6 is 11.3 Å². The maximum absolute atomic E-state index is 13.2. The van der Waals surface area contributed by atoms with Gasteiger partial charge in [0.1, 0.15) is 0 Å². The number of piperidine rings is 1. The smallest absolute Gasteiger partial charge is 0.305 e. The van der Waals surface area contributed by atoms with Crippen LogP contribution in [-0.2, 0) is 6.42 Å². The Morgan fingerprint density at radius 3 is 3.04 bits per heavy atom. The topological polar surface area (TPSA) is 53.2 Å². The summed E-state index contributed by atoms with van der Waals surface area (Å²) in [5.74, 6) is 0.547. The predicted octanol–water partition coefficient (Wildman–Crippen LogP) is 3.78. The molecule has 128 valence electrons. The van der Waals surface area contributed by atoms with Gasteiger partial charge in [-0.3, -0.25) is 9.59 Å². The summed E-state index contributed by atoms with van der Waals surface area (Å²) in [5, 5.41) is 0. The third-order valence-electron chi connectivity index (χ3n) is 5.59. The molecule has 1 saturated heterocycles. The zero-order valence-electron chi connectivity index (χ0n) is 13.7. The molecule has 3 aromatic rings. The monoisotopic (exact) mass is 352 g/mol. The number of likely N-dealkylation sites (tertiary alicyclic amines) is 1. The molecular weight excluding hydrogens is 332 g/mol. The molecule has 5 heteroatoms. The number of benzene rings is 2. The van der Waals surface area contributed by atoms with Gasteiger partial charge in [-0.15, -0.1) is 0 Å². The zero-order valence-corrected chi connectivity index (χ0v) is 14.5. The van der Waals surface area contributed by atoms with Crippen LogP contribution in [-0.4, -0.2) is 28.4 Å². The second-order valence-corrected chi connectivity index (χ2v) is 7.96. The van der Waals surface area contributed by atoms with Gasteiger partial charge in [0.15, 0.2) is 0 Å². The van der Waals surface area contributed by atoms with E-state index in [0.717, 1.165) is 47.4 Å². The van der Waals surface area contributed by atoms with Crippen LogP contribution in [0.3, 0.4) is 0 Å². The van der Waals surface area contributed by atoms with Crippen LogP contribution in [0.15, 0.2) is 47.3 Å². The largest absolute Gasteiger partial charge is 0.335 e. The maximum Gasteiger partial charge on any atom is 0.305 e. The van der Waals surface area contributed by atoms with Crippen molar-refractivity contribution in [1.29, 1.82) is 0 Å². The molecule has 1 fully saturated rings. The van der Waals surface area contributed by atoms with Crippen LogP contribution < -0.4 is 4.87 Å². The summed E-state index contributed by atoms with van der Waals surface area (Å²) in [4.78, 5) is 29.5. The Morgan fingerprint density at radius 2 is 2.12 bits per heavy atom. The summed E-state index contributed by atoms with van der Waals surface area (Å²) < 4.78 is 0.846. The molecule has 5 rings (SSSR count). The highest BCUT2D eigenvalue weighted by molar-refractivity contribution is 7.16. The van der Waals surface area contributed by atoms with Gasteiger partial charge in [0.2, 0.25) is 0 Å². The van der Waals surface area contributed by atoms with E-state index in [4.69, 9.17) is 0 Å². The van der Waals surface area contributed by atoms with Crippen molar-refractivity contribution >= 4 is 27.5 Å². The van der Waals surface area contributed by atoms with Gasteiger partial charge in [-0.1, -0.05) is 35.6 Å². The molecule has 4 nitrogen and oxygen atoms in total. The summed E-state index contributed by atoms with van der Waals surface area (Å²) in [7, 11) is 0. The average Bonchev–Trinajstić information content (AvgIpc) is 3.19. The van der Waals surface area contributed by atoms with E-state index in [1.165, 1.54) is 11.1 Å². The van der Waals surface area contributed by atoms with Gasteiger partial charge in [-0.2, -0.15) is 0 Å². The predicted molar refractivity (Wildman–Crippen MR) is 102 cm³/mol. The Kier molecular flexibility index (Phi) is 3.31. The number of H-pyrrole nitrogens is 1. The Bertz CT molecular complexity index is 1040. The highest BCUT2D eigenvalue weighted by atomic mass is 32.1. The van der Waals surface area contributed by atoms with E-state index in [1.54, 1.807) is 0 Å². The first-order chi connectivity index (χ1) is 12.2. The fourth-order valence-electron chi connectivity index (χ4n) is 4.48. The van der Waals surface area contributed by atoms with Gasteiger partial charge in [0, 0.05) is 25.5 Å². The van der Waals surface area contributed by atoms with Crippen molar-refractivity contribution < 1.29 is 6.22 Å². The number of aromatic nitrogens is 1. The van der Waals surface area contributed by atoms with Crippen molar-refractivity contribution in [3.05, 3.63) is 68.8 Å². The number of carbonyl (C=O) groups is 1. The SMILES string of the molecule is O=C(c1ccc2[nH]c(=O)sc2c1)N1CCCC2c3ccccc3CC21.[HH]. The van der Waals surface area contributed by atoms with Crippen LogP contribution in [0.1, 0.15) is 41.7 Å². The Labute approximate surface area is 150 Å². The molecule has 0 saturated carbocycles. The Morgan fingerprint density at radius 1 is 1.24 bits per heavy atom. The molecule has 0 bridgehead atoms. The lowest BCUT2D eigenvalue weighted by Crippen LogP contribution is -2.46. The van der Waals surface area contributed by atoms with Crippen LogP contribution in [0.5, 0.6) is 0 Å². The van der Waals surface area contributed by atoms with Gasteiger partial charge in [0.25, 0.3) is 5.91 Å². The lowest BCUT2D eigenvalue weighted by atomic mass is 9.88. The normalized spacial score (nSPS) is 22.0. The van der Waals surface area contributed by atoms with Crippen LogP contribution in [0.25, 0.3) is 10.2 Å². The highest BCUT2D eigenvalue weighted by Gasteiger charge is 2.40. The molecule has 0 spiro atoms. The second kappa shape index (κ2) is 5.56. The van der Waals surface area contributed by atoms with Gasteiger partial charge in [0.05, 0.1) is 10.2 Å². The third-order valence-corrected chi connectivity index (χ3v) is 6.44. The summed E-state index contributed by atoms with van der Waals surface area (Å²) in [6, 6.07) is 14.4. The summed E-state index contributed by atoms with van der Waals surface area (Å²) >= 11 is 1.16. The molecule has 2 heterocycles. The number of carbonyl (C=O) groups excluding carboxylic acids is 1. The van der Waals surface area contributed by atoms with Gasteiger partial charge in [-0.05, 0) is 48.6 Å². The number of aromatic amines is 1. The minimum absolute atomic E-state index is 0. The van der Waals surface area contributed by atoms with Crippen LogP contribution in [0.2, 0.25) is 0 Å². The maximum atomic E-state index is 13.2. The molecule has 1 amide bonds.